The second-order valence-electron chi connectivity index (χ2n) is 5.51. The van der Waals surface area contributed by atoms with Crippen LogP contribution in [0.1, 0.15) is 6.92 Å². The number of carbonyl (C=O) groups excluding carboxylic acids is 1. The molecule has 0 radical (unpaired) electrons. The van der Waals surface area contributed by atoms with E-state index in [1.165, 1.54) is 5.69 Å². The van der Waals surface area contributed by atoms with Crippen molar-refractivity contribution in [3.8, 4) is 5.75 Å². The molecule has 6 nitrogen and oxygen atoms in total. The van der Waals surface area contributed by atoms with E-state index >= 15 is 0 Å². The summed E-state index contributed by atoms with van der Waals surface area (Å²) in [5.74, 6) is 0.846. The van der Waals surface area contributed by atoms with E-state index in [2.05, 4.69) is 27.2 Å². The van der Waals surface area contributed by atoms with Crippen molar-refractivity contribution in [2.24, 2.45) is 0 Å². The minimum atomic E-state index is -0.0382. The summed E-state index contributed by atoms with van der Waals surface area (Å²) in [5.41, 5.74) is 1.23. The van der Waals surface area contributed by atoms with Gasteiger partial charge >= 0.3 is 0 Å². The predicted molar refractivity (Wildman–Crippen MR) is 91.1 cm³/mol. The van der Waals surface area contributed by atoms with Gasteiger partial charge in [0, 0.05) is 51.6 Å². The Hall–Kier alpha value is -1.79. The van der Waals surface area contributed by atoms with Gasteiger partial charge in [0.2, 0.25) is 5.91 Å². The molecule has 0 bridgehead atoms. The number of anilines is 1. The number of carbonyl (C=O) groups is 1. The number of nitrogens with zero attached hydrogens (tertiary/aromatic N) is 2. The Labute approximate surface area is 138 Å². The fraction of sp³-hybridized carbons (Fsp3) is 0.588. The van der Waals surface area contributed by atoms with Crippen LogP contribution < -0.4 is 15.0 Å². The van der Waals surface area contributed by atoms with Crippen molar-refractivity contribution >= 4 is 11.6 Å². The van der Waals surface area contributed by atoms with Gasteiger partial charge in [0.25, 0.3) is 0 Å². The number of benzene rings is 1. The van der Waals surface area contributed by atoms with E-state index in [1.807, 2.05) is 19.1 Å². The van der Waals surface area contributed by atoms with E-state index in [0.717, 1.165) is 38.5 Å². The number of hydrogen-bond donors (Lipinski definition) is 1. The van der Waals surface area contributed by atoms with Crippen LogP contribution in [0.2, 0.25) is 0 Å². The molecule has 0 unspecified atom stereocenters. The summed E-state index contributed by atoms with van der Waals surface area (Å²) < 4.78 is 10.3. The highest BCUT2D eigenvalue weighted by molar-refractivity contribution is 5.77. The van der Waals surface area contributed by atoms with Gasteiger partial charge in [-0.1, -0.05) is 0 Å². The highest BCUT2D eigenvalue weighted by Crippen LogP contribution is 2.20. The van der Waals surface area contributed by atoms with Gasteiger partial charge in [0.15, 0.2) is 0 Å². The highest BCUT2D eigenvalue weighted by atomic mass is 16.5. The molecule has 0 aliphatic carbocycles. The standard InChI is InChI=1S/C17H27N3O3/c1-3-23-14-17(21)18-8-9-19-10-12-20(13-11-19)15-4-6-16(22-2)7-5-15/h4-7H,3,8-14H2,1-2H3,(H,18,21). The van der Waals surface area contributed by atoms with Crippen LogP contribution in [-0.2, 0) is 9.53 Å². The number of rotatable bonds is 8. The lowest BCUT2D eigenvalue weighted by Gasteiger charge is -2.36. The monoisotopic (exact) mass is 321 g/mol. The lowest BCUT2D eigenvalue weighted by molar-refractivity contribution is -0.125. The number of methoxy groups -OCH3 is 1. The van der Waals surface area contributed by atoms with Gasteiger partial charge in [0.05, 0.1) is 7.11 Å². The second kappa shape index (κ2) is 9.37. The Bertz CT molecular complexity index is 470. The van der Waals surface area contributed by atoms with Crippen molar-refractivity contribution in [2.45, 2.75) is 6.92 Å². The smallest absolute Gasteiger partial charge is 0.246 e. The summed E-state index contributed by atoms with van der Waals surface area (Å²) in [5, 5.41) is 2.89. The lowest BCUT2D eigenvalue weighted by Crippen LogP contribution is -2.48. The van der Waals surface area contributed by atoms with Crippen LogP contribution in [0.25, 0.3) is 0 Å². The molecule has 23 heavy (non-hydrogen) atoms. The minimum Gasteiger partial charge on any atom is -0.497 e. The van der Waals surface area contributed by atoms with Crippen molar-refractivity contribution in [3.05, 3.63) is 24.3 Å². The van der Waals surface area contributed by atoms with Gasteiger partial charge in [-0.2, -0.15) is 0 Å². The van der Waals surface area contributed by atoms with Gasteiger partial charge in [-0.25, -0.2) is 0 Å². The van der Waals surface area contributed by atoms with Gasteiger partial charge in [-0.15, -0.1) is 0 Å². The van der Waals surface area contributed by atoms with Gasteiger partial charge in [0.1, 0.15) is 12.4 Å². The first-order chi connectivity index (χ1) is 11.2. The number of ether oxygens (including phenoxy) is 2. The lowest BCUT2D eigenvalue weighted by atomic mass is 10.2. The zero-order valence-electron chi connectivity index (χ0n) is 14.1. The average molecular weight is 321 g/mol. The molecule has 1 aromatic carbocycles. The Balaban J connectivity index is 1.66. The molecule has 1 aliphatic heterocycles. The van der Waals surface area contributed by atoms with Gasteiger partial charge in [-0.3, -0.25) is 9.69 Å². The Morgan fingerprint density at radius 3 is 2.48 bits per heavy atom. The van der Waals surface area contributed by atoms with Crippen molar-refractivity contribution in [1.29, 1.82) is 0 Å². The normalized spacial score (nSPS) is 15.5. The number of nitrogens with one attached hydrogen (secondary N) is 1. The molecule has 1 heterocycles. The van der Waals surface area contributed by atoms with Crippen molar-refractivity contribution < 1.29 is 14.3 Å². The van der Waals surface area contributed by atoms with Crippen LogP contribution in [-0.4, -0.2) is 70.4 Å². The van der Waals surface area contributed by atoms with Crippen molar-refractivity contribution in [1.82, 2.24) is 10.2 Å². The molecular weight excluding hydrogens is 294 g/mol. The zero-order valence-corrected chi connectivity index (χ0v) is 14.1. The molecule has 0 atom stereocenters. The number of piperazine rings is 1. The third kappa shape index (κ3) is 5.73. The van der Waals surface area contributed by atoms with E-state index in [0.29, 0.717) is 13.2 Å². The fourth-order valence-corrected chi connectivity index (χ4v) is 2.62. The minimum absolute atomic E-state index is 0.0382. The summed E-state index contributed by atoms with van der Waals surface area (Å²) in [7, 11) is 1.68. The average Bonchev–Trinajstić information content (AvgIpc) is 2.60. The Morgan fingerprint density at radius 1 is 1.17 bits per heavy atom. The number of amides is 1. The Morgan fingerprint density at radius 2 is 1.87 bits per heavy atom. The summed E-state index contributed by atoms with van der Waals surface area (Å²) in [6.07, 6.45) is 0. The van der Waals surface area contributed by atoms with Crippen LogP contribution in [0.15, 0.2) is 24.3 Å². The molecule has 2 rings (SSSR count). The highest BCUT2D eigenvalue weighted by Gasteiger charge is 2.17. The molecule has 1 saturated heterocycles. The largest absolute Gasteiger partial charge is 0.497 e. The van der Waals surface area contributed by atoms with E-state index in [4.69, 9.17) is 9.47 Å². The molecule has 1 aromatic rings. The zero-order chi connectivity index (χ0) is 16.5. The van der Waals surface area contributed by atoms with Crippen LogP contribution in [0.4, 0.5) is 5.69 Å². The maximum Gasteiger partial charge on any atom is 0.246 e. The molecule has 1 N–H and O–H groups in total. The Kier molecular flexibility index (Phi) is 7.16. The van der Waals surface area contributed by atoms with Gasteiger partial charge in [-0.05, 0) is 31.2 Å². The molecule has 1 fully saturated rings. The number of hydrogen-bond acceptors (Lipinski definition) is 5. The van der Waals surface area contributed by atoms with Crippen LogP contribution in [0.3, 0.4) is 0 Å². The second-order valence-corrected chi connectivity index (χ2v) is 5.51. The maximum atomic E-state index is 11.5. The van der Waals surface area contributed by atoms with Crippen LogP contribution in [0.5, 0.6) is 5.75 Å². The molecule has 0 spiro atoms. The van der Waals surface area contributed by atoms with E-state index in [9.17, 15) is 4.79 Å². The van der Waals surface area contributed by atoms with Crippen LogP contribution in [0, 0.1) is 0 Å². The third-order valence-corrected chi connectivity index (χ3v) is 4.00. The maximum absolute atomic E-state index is 11.5. The first kappa shape index (κ1) is 17.6. The quantitative estimate of drug-likeness (QED) is 0.773. The summed E-state index contributed by atoms with van der Waals surface area (Å²) >= 11 is 0. The fourth-order valence-electron chi connectivity index (χ4n) is 2.62. The molecular formula is C17H27N3O3. The van der Waals surface area contributed by atoms with Crippen molar-refractivity contribution in [3.63, 3.8) is 0 Å². The van der Waals surface area contributed by atoms with Crippen LogP contribution >= 0.6 is 0 Å². The molecule has 1 amide bonds. The third-order valence-electron chi connectivity index (χ3n) is 4.00. The molecule has 128 valence electrons. The first-order valence-corrected chi connectivity index (χ1v) is 8.18. The predicted octanol–water partition coefficient (Wildman–Crippen LogP) is 0.970. The summed E-state index contributed by atoms with van der Waals surface area (Å²) in [4.78, 5) is 16.2. The molecule has 0 saturated carbocycles. The summed E-state index contributed by atoms with van der Waals surface area (Å²) in [6.45, 7) is 8.18. The van der Waals surface area contributed by atoms with Gasteiger partial charge < -0.3 is 19.7 Å². The molecule has 1 aliphatic rings. The topological polar surface area (TPSA) is 54.0 Å². The first-order valence-electron chi connectivity index (χ1n) is 8.18. The molecule has 6 heteroatoms. The van der Waals surface area contributed by atoms with E-state index in [1.54, 1.807) is 7.11 Å². The van der Waals surface area contributed by atoms with E-state index in [-0.39, 0.29) is 12.5 Å². The SMILES string of the molecule is CCOCC(=O)NCCN1CCN(c2ccc(OC)cc2)CC1. The molecule has 0 aromatic heterocycles. The summed E-state index contributed by atoms with van der Waals surface area (Å²) in [6, 6.07) is 8.19. The van der Waals surface area contributed by atoms with Crippen molar-refractivity contribution in [2.75, 3.05) is 64.5 Å². The van der Waals surface area contributed by atoms with E-state index < -0.39 is 0 Å².